The molecule has 4 heterocycles. The van der Waals surface area contributed by atoms with Gasteiger partial charge in [0.15, 0.2) is 0 Å². The molecule has 1 aromatic carbocycles. The molecule has 0 N–H and O–H groups in total. The molecule has 0 radical (unpaired) electrons. The van der Waals surface area contributed by atoms with Crippen LogP contribution in [-0.2, 0) is 16.0 Å². The zero-order chi connectivity index (χ0) is 26.6. The van der Waals surface area contributed by atoms with E-state index >= 15 is 0 Å². The number of pyridine rings is 1. The van der Waals surface area contributed by atoms with Gasteiger partial charge in [0.25, 0.3) is 11.5 Å². The number of nitrogens with zero attached hydrogens (tertiary/aromatic N) is 5. The van der Waals surface area contributed by atoms with E-state index in [-0.39, 0.29) is 17.6 Å². The van der Waals surface area contributed by atoms with Gasteiger partial charge in [-0.25, -0.2) is 9.78 Å². The van der Waals surface area contributed by atoms with Gasteiger partial charge in [-0.1, -0.05) is 60.4 Å². The van der Waals surface area contributed by atoms with E-state index in [1.54, 1.807) is 41.1 Å². The van der Waals surface area contributed by atoms with Crippen LogP contribution in [0.3, 0.4) is 0 Å². The van der Waals surface area contributed by atoms with Crippen LogP contribution in [0.15, 0.2) is 64.4 Å². The van der Waals surface area contributed by atoms with Crippen molar-refractivity contribution in [2.75, 3.05) is 44.2 Å². The molecular weight excluding hydrogens is 522 g/mol. The summed E-state index contributed by atoms with van der Waals surface area (Å²) >= 11 is 6.72. The molecule has 38 heavy (non-hydrogen) atoms. The maximum atomic E-state index is 13.6. The number of fused-ring (bicyclic) bond motifs is 1. The largest absolute Gasteiger partial charge is 0.450 e. The Morgan fingerprint density at radius 1 is 1.08 bits per heavy atom. The first-order valence-corrected chi connectivity index (χ1v) is 13.7. The summed E-state index contributed by atoms with van der Waals surface area (Å²) in [6.07, 6.45) is 3.61. The molecular formula is C27H27N5O4S2. The molecule has 0 spiro atoms. The summed E-state index contributed by atoms with van der Waals surface area (Å²) in [7, 11) is 0. The zero-order valence-electron chi connectivity index (χ0n) is 20.9. The van der Waals surface area contributed by atoms with Gasteiger partial charge in [-0.2, -0.15) is 0 Å². The van der Waals surface area contributed by atoms with Gasteiger partial charge in [-0.05, 0) is 37.1 Å². The second-order valence-corrected chi connectivity index (χ2v) is 10.5. The molecule has 196 valence electrons. The highest BCUT2D eigenvalue weighted by Gasteiger charge is 2.33. The molecule has 2 aromatic heterocycles. The maximum Gasteiger partial charge on any atom is 0.409 e. The van der Waals surface area contributed by atoms with Crippen LogP contribution in [0.1, 0.15) is 18.1 Å². The van der Waals surface area contributed by atoms with Crippen molar-refractivity contribution in [3.05, 3.63) is 81.1 Å². The summed E-state index contributed by atoms with van der Waals surface area (Å²) in [4.78, 5) is 49.5. The SMILES string of the molecule is CCOC(=O)N1CCN(c2nc3ccccn3c(=O)c2/C=C2\SC(=S)N(CCc3ccccc3)C2=O)CC1. The van der Waals surface area contributed by atoms with E-state index in [0.717, 1.165) is 5.56 Å². The third kappa shape index (κ3) is 5.30. The Balaban J connectivity index is 1.44. The Bertz CT molecular complexity index is 1470. The quantitative estimate of drug-likeness (QED) is 0.342. The molecule has 0 atom stereocenters. The topological polar surface area (TPSA) is 87.5 Å². The lowest BCUT2D eigenvalue weighted by Crippen LogP contribution is -2.49. The highest BCUT2D eigenvalue weighted by molar-refractivity contribution is 8.26. The molecule has 5 rings (SSSR count). The zero-order valence-corrected chi connectivity index (χ0v) is 22.5. The van der Waals surface area contributed by atoms with Crippen LogP contribution in [0, 0.1) is 0 Å². The second-order valence-electron chi connectivity index (χ2n) is 8.83. The number of carbonyl (C=O) groups excluding carboxylic acids is 2. The molecule has 2 aliphatic rings. The average molecular weight is 550 g/mol. The van der Waals surface area contributed by atoms with Crippen molar-refractivity contribution in [1.82, 2.24) is 19.2 Å². The minimum absolute atomic E-state index is 0.216. The van der Waals surface area contributed by atoms with Crippen LogP contribution in [0.5, 0.6) is 0 Å². The third-order valence-electron chi connectivity index (χ3n) is 6.47. The van der Waals surface area contributed by atoms with E-state index in [9.17, 15) is 14.4 Å². The predicted octanol–water partition coefficient (Wildman–Crippen LogP) is 3.42. The first-order valence-electron chi connectivity index (χ1n) is 12.4. The predicted molar refractivity (Wildman–Crippen MR) is 152 cm³/mol. The van der Waals surface area contributed by atoms with Crippen LogP contribution in [0.25, 0.3) is 11.7 Å². The van der Waals surface area contributed by atoms with Gasteiger partial charge in [0.2, 0.25) is 0 Å². The molecule has 2 saturated heterocycles. The molecule has 0 saturated carbocycles. The Morgan fingerprint density at radius 2 is 1.82 bits per heavy atom. The van der Waals surface area contributed by atoms with Gasteiger partial charge in [0.05, 0.1) is 17.1 Å². The number of thiocarbonyl (C=S) groups is 1. The number of thioether (sulfide) groups is 1. The molecule has 9 nitrogen and oxygen atoms in total. The standard InChI is InChI=1S/C27H27N5O4S2/c1-2-36-26(35)30-16-14-29(15-17-30)23-20(24(33)31-12-7-6-10-22(31)28-23)18-21-25(34)32(27(37)38-21)13-11-19-8-4-3-5-9-19/h3-10,12,18H,2,11,13-17H2,1H3/b21-18-. The van der Waals surface area contributed by atoms with Crippen molar-refractivity contribution in [2.45, 2.75) is 13.3 Å². The van der Waals surface area contributed by atoms with Crippen molar-refractivity contribution >= 4 is 57.8 Å². The summed E-state index contributed by atoms with van der Waals surface area (Å²) in [5, 5.41) is 0. The number of carbonyl (C=O) groups is 2. The first-order chi connectivity index (χ1) is 18.5. The number of hydrogen-bond donors (Lipinski definition) is 0. The normalized spacial score (nSPS) is 17.1. The van der Waals surface area contributed by atoms with Gasteiger partial charge in [0.1, 0.15) is 15.8 Å². The second kappa shape index (κ2) is 11.4. The number of benzene rings is 1. The molecule has 0 unspecified atom stereocenters. The highest BCUT2D eigenvalue weighted by atomic mass is 32.2. The highest BCUT2D eigenvalue weighted by Crippen LogP contribution is 2.33. The number of amides is 2. The van der Waals surface area contributed by atoms with E-state index in [2.05, 4.69) is 0 Å². The monoisotopic (exact) mass is 549 g/mol. The molecule has 2 fully saturated rings. The molecule has 0 aliphatic carbocycles. The van der Waals surface area contributed by atoms with Crippen molar-refractivity contribution in [2.24, 2.45) is 0 Å². The van der Waals surface area contributed by atoms with Crippen molar-refractivity contribution in [3.8, 4) is 0 Å². The molecule has 11 heteroatoms. The molecule has 2 amide bonds. The lowest BCUT2D eigenvalue weighted by Gasteiger charge is -2.35. The Morgan fingerprint density at radius 3 is 2.55 bits per heavy atom. The molecule has 0 bridgehead atoms. The van der Waals surface area contributed by atoms with E-state index in [1.165, 1.54) is 16.2 Å². The molecule has 3 aromatic rings. The van der Waals surface area contributed by atoms with Crippen molar-refractivity contribution < 1.29 is 14.3 Å². The Labute approximate surface area is 229 Å². The average Bonchev–Trinajstić information content (AvgIpc) is 3.21. The van der Waals surface area contributed by atoms with E-state index in [4.69, 9.17) is 21.9 Å². The fraction of sp³-hybridized carbons (Fsp3) is 0.296. The van der Waals surface area contributed by atoms with Gasteiger partial charge in [-0.15, -0.1) is 0 Å². The minimum Gasteiger partial charge on any atom is -0.450 e. The van der Waals surface area contributed by atoms with Gasteiger partial charge < -0.3 is 14.5 Å². The lowest BCUT2D eigenvalue weighted by molar-refractivity contribution is -0.122. The number of rotatable bonds is 6. The Kier molecular flexibility index (Phi) is 7.75. The summed E-state index contributed by atoms with van der Waals surface area (Å²) in [5.41, 5.74) is 1.68. The van der Waals surface area contributed by atoms with Crippen molar-refractivity contribution in [3.63, 3.8) is 0 Å². The van der Waals surface area contributed by atoms with E-state index in [1.807, 2.05) is 41.3 Å². The smallest absolute Gasteiger partial charge is 0.409 e. The number of hydrogen-bond acceptors (Lipinski definition) is 8. The lowest BCUT2D eigenvalue weighted by atomic mass is 10.1. The van der Waals surface area contributed by atoms with Gasteiger partial charge in [-0.3, -0.25) is 18.9 Å². The maximum absolute atomic E-state index is 13.6. The van der Waals surface area contributed by atoms with Crippen LogP contribution in [0.2, 0.25) is 0 Å². The summed E-state index contributed by atoms with van der Waals surface area (Å²) in [6.45, 7) is 4.39. The van der Waals surface area contributed by atoms with Gasteiger partial charge in [0, 0.05) is 38.9 Å². The van der Waals surface area contributed by atoms with Crippen LogP contribution in [0.4, 0.5) is 10.6 Å². The molecule has 2 aliphatic heterocycles. The van der Waals surface area contributed by atoms with Crippen LogP contribution >= 0.6 is 24.0 Å². The first kappa shape index (κ1) is 25.9. The Hall–Kier alpha value is -3.70. The van der Waals surface area contributed by atoms with E-state index < -0.39 is 0 Å². The number of anilines is 1. The number of piperazine rings is 1. The number of aromatic nitrogens is 2. The summed E-state index contributed by atoms with van der Waals surface area (Å²) < 4.78 is 7.07. The fourth-order valence-electron chi connectivity index (χ4n) is 4.48. The van der Waals surface area contributed by atoms with Crippen LogP contribution < -0.4 is 10.5 Å². The minimum atomic E-state index is -0.349. The van der Waals surface area contributed by atoms with E-state index in [0.29, 0.717) is 72.0 Å². The summed E-state index contributed by atoms with van der Waals surface area (Å²) in [6, 6.07) is 15.3. The number of ether oxygens (including phenoxy) is 1. The fourth-order valence-corrected chi connectivity index (χ4v) is 5.77. The van der Waals surface area contributed by atoms with Gasteiger partial charge >= 0.3 is 6.09 Å². The third-order valence-corrected chi connectivity index (χ3v) is 7.85. The van der Waals surface area contributed by atoms with Crippen molar-refractivity contribution in [1.29, 1.82) is 0 Å². The van der Waals surface area contributed by atoms with Crippen LogP contribution in [-0.4, -0.2) is 74.8 Å². The summed E-state index contributed by atoms with van der Waals surface area (Å²) in [5.74, 6) is 0.269.